The molecule has 0 spiro atoms. The number of carbonyl (C=O) groups excluding carboxylic acids is 2. The van der Waals surface area contributed by atoms with E-state index >= 15 is 0 Å². The van der Waals surface area contributed by atoms with Crippen molar-refractivity contribution in [1.82, 2.24) is 0 Å². The van der Waals surface area contributed by atoms with Gasteiger partial charge in [0.05, 0.1) is 11.3 Å². The molecule has 0 unspecified atom stereocenters. The number of anilines is 2. The minimum Gasteiger partial charge on any atom is -0.507 e. The number of phenols is 1. The van der Waals surface area contributed by atoms with Crippen molar-refractivity contribution in [3.05, 3.63) is 52.6 Å². The number of hydrogen-bond donors (Lipinski definition) is 3. The van der Waals surface area contributed by atoms with Crippen molar-refractivity contribution >= 4 is 29.2 Å². The number of carboxylic acids is 1. The van der Waals surface area contributed by atoms with Gasteiger partial charge in [-0.1, -0.05) is 39.8 Å². The second kappa shape index (κ2) is 9.85. The molecule has 3 N–H and O–H groups in total. The fourth-order valence-corrected chi connectivity index (χ4v) is 3.54. The Balaban J connectivity index is 2.41. The lowest BCUT2D eigenvalue weighted by Gasteiger charge is -2.26. The number of carboxylic acid groups (broad SMARTS) is 1. The minimum atomic E-state index is -1.09. The van der Waals surface area contributed by atoms with Gasteiger partial charge in [-0.25, -0.2) is 4.79 Å². The zero-order valence-electron chi connectivity index (χ0n) is 19.6. The fourth-order valence-electron chi connectivity index (χ4n) is 3.54. The summed E-state index contributed by atoms with van der Waals surface area (Å²) in [6, 6.07) is 8.06. The summed E-state index contributed by atoms with van der Waals surface area (Å²) in [6.45, 7) is 11.0. The first kappa shape index (κ1) is 24.9. The highest BCUT2D eigenvalue weighted by atomic mass is 16.4. The van der Waals surface area contributed by atoms with Crippen molar-refractivity contribution in [3.8, 4) is 5.75 Å². The second-order valence-corrected chi connectivity index (χ2v) is 8.97. The summed E-state index contributed by atoms with van der Waals surface area (Å²) in [7, 11) is 0. The van der Waals surface area contributed by atoms with Gasteiger partial charge in [0.25, 0.3) is 0 Å². The summed E-state index contributed by atoms with van der Waals surface area (Å²) in [5.74, 6) is -1.70. The molecular formula is C25H32N2O5. The van der Waals surface area contributed by atoms with Crippen LogP contribution in [0.15, 0.2) is 30.3 Å². The van der Waals surface area contributed by atoms with E-state index in [0.717, 1.165) is 5.56 Å². The molecule has 0 aliphatic rings. The Labute approximate surface area is 189 Å². The van der Waals surface area contributed by atoms with Gasteiger partial charge in [-0.2, -0.15) is 0 Å². The van der Waals surface area contributed by atoms with Gasteiger partial charge < -0.3 is 20.4 Å². The predicted octanol–water partition coefficient (Wildman–Crippen LogP) is 4.78. The van der Waals surface area contributed by atoms with Gasteiger partial charge in [-0.3, -0.25) is 9.59 Å². The van der Waals surface area contributed by atoms with E-state index in [9.17, 15) is 24.6 Å². The number of aromatic hydroxyl groups is 1. The zero-order chi connectivity index (χ0) is 24.2. The quantitative estimate of drug-likeness (QED) is 0.575. The lowest BCUT2D eigenvalue weighted by molar-refractivity contribution is -0.121. The van der Waals surface area contributed by atoms with Crippen LogP contribution in [0, 0.1) is 13.8 Å². The first-order valence-corrected chi connectivity index (χ1v) is 10.6. The van der Waals surface area contributed by atoms with Gasteiger partial charge in [-0.15, -0.1) is 0 Å². The molecule has 0 fully saturated rings. The van der Waals surface area contributed by atoms with Crippen LogP contribution in [0.5, 0.6) is 5.75 Å². The van der Waals surface area contributed by atoms with Crippen molar-refractivity contribution in [1.29, 1.82) is 0 Å². The van der Waals surface area contributed by atoms with Crippen LogP contribution in [0.4, 0.5) is 11.4 Å². The molecule has 0 saturated heterocycles. The topological polar surface area (TPSA) is 107 Å². The number of nitrogens with zero attached hydrogens (tertiary/aromatic N) is 1. The van der Waals surface area contributed by atoms with Gasteiger partial charge in [0.2, 0.25) is 11.8 Å². The van der Waals surface area contributed by atoms with E-state index in [1.54, 1.807) is 32.0 Å². The molecule has 2 amide bonds. The van der Waals surface area contributed by atoms with Crippen LogP contribution >= 0.6 is 0 Å². The molecule has 0 aromatic heterocycles. The molecule has 0 bridgehead atoms. The largest absolute Gasteiger partial charge is 0.507 e. The van der Waals surface area contributed by atoms with Crippen molar-refractivity contribution < 1.29 is 24.6 Å². The third-order valence-corrected chi connectivity index (χ3v) is 5.31. The first-order valence-electron chi connectivity index (χ1n) is 10.6. The molecule has 0 atom stereocenters. The molecule has 0 saturated carbocycles. The Morgan fingerprint density at radius 2 is 1.72 bits per heavy atom. The summed E-state index contributed by atoms with van der Waals surface area (Å²) < 4.78 is 0. The SMILES string of the molecule is CCCC(=O)N(CC(=O)Nc1cc(C(=O)O)ccc1C(C)(C)C)c1ccc(C)c(O)c1C. The number of aromatic carboxylic acids is 1. The third-order valence-electron chi connectivity index (χ3n) is 5.31. The Morgan fingerprint density at radius 3 is 2.28 bits per heavy atom. The predicted molar refractivity (Wildman–Crippen MR) is 126 cm³/mol. The van der Waals surface area contributed by atoms with Crippen molar-refractivity contribution in [2.75, 3.05) is 16.8 Å². The fraction of sp³-hybridized carbons (Fsp3) is 0.400. The molecule has 32 heavy (non-hydrogen) atoms. The number of carbonyl (C=O) groups is 3. The number of aryl methyl sites for hydroxylation is 1. The Kier molecular flexibility index (Phi) is 7.67. The van der Waals surface area contributed by atoms with E-state index < -0.39 is 11.9 Å². The summed E-state index contributed by atoms with van der Waals surface area (Å²) in [5, 5.41) is 22.5. The molecule has 0 aliphatic carbocycles. The maximum absolute atomic E-state index is 13.0. The van der Waals surface area contributed by atoms with E-state index in [4.69, 9.17) is 0 Å². The molecule has 7 nitrogen and oxygen atoms in total. The molecular weight excluding hydrogens is 408 g/mol. The molecule has 0 radical (unpaired) electrons. The number of rotatable bonds is 7. The van der Waals surface area contributed by atoms with Crippen LogP contribution in [0.2, 0.25) is 0 Å². The smallest absolute Gasteiger partial charge is 0.335 e. The van der Waals surface area contributed by atoms with Crippen molar-refractivity contribution in [3.63, 3.8) is 0 Å². The monoisotopic (exact) mass is 440 g/mol. The zero-order valence-corrected chi connectivity index (χ0v) is 19.6. The van der Waals surface area contributed by atoms with E-state index in [1.807, 2.05) is 27.7 Å². The van der Waals surface area contributed by atoms with Crippen LogP contribution in [-0.4, -0.2) is 34.5 Å². The Hall–Kier alpha value is -3.35. The van der Waals surface area contributed by atoms with Crippen LogP contribution < -0.4 is 10.2 Å². The highest BCUT2D eigenvalue weighted by molar-refractivity contribution is 6.04. The van der Waals surface area contributed by atoms with Crippen LogP contribution in [0.3, 0.4) is 0 Å². The second-order valence-electron chi connectivity index (χ2n) is 8.97. The Morgan fingerprint density at radius 1 is 1.06 bits per heavy atom. The number of nitrogens with one attached hydrogen (secondary N) is 1. The van der Waals surface area contributed by atoms with Crippen molar-refractivity contribution in [2.24, 2.45) is 0 Å². The third kappa shape index (κ3) is 5.66. The number of phenolic OH excluding ortho intramolecular Hbond substituents is 1. The number of hydrogen-bond acceptors (Lipinski definition) is 4. The number of amides is 2. The van der Waals surface area contributed by atoms with E-state index in [1.165, 1.54) is 17.0 Å². The van der Waals surface area contributed by atoms with Crippen LogP contribution in [-0.2, 0) is 15.0 Å². The van der Waals surface area contributed by atoms with Crippen molar-refractivity contribution in [2.45, 2.75) is 59.8 Å². The summed E-state index contributed by atoms with van der Waals surface area (Å²) in [5.41, 5.74) is 2.57. The van der Waals surface area contributed by atoms with Gasteiger partial charge in [0.15, 0.2) is 0 Å². The lowest BCUT2D eigenvalue weighted by Crippen LogP contribution is -2.38. The van der Waals surface area contributed by atoms with Gasteiger partial charge in [0.1, 0.15) is 12.3 Å². The van der Waals surface area contributed by atoms with Gasteiger partial charge in [-0.05, 0) is 55.0 Å². The maximum Gasteiger partial charge on any atom is 0.335 e. The molecule has 2 rings (SSSR count). The summed E-state index contributed by atoms with van der Waals surface area (Å²) >= 11 is 0. The lowest BCUT2D eigenvalue weighted by atomic mass is 9.85. The summed E-state index contributed by atoms with van der Waals surface area (Å²) in [4.78, 5) is 38.6. The van der Waals surface area contributed by atoms with Crippen LogP contribution in [0.1, 0.15) is 67.6 Å². The highest BCUT2D eigenvalue weighted by Crippen LogP contribution is 2.32. The molecule has 2 aromatic carbocycles. The normalized spacial score (nSPS) is 11.2. The van der Waals surface area contributed by atoms with E-state index in [0.29, 0.717) is 28.9 Å². The first-order chi connectivity index (χ1) is 14.9. The van der Waals surface area contributed by atoms with E-state index in [-0.39, 0.29) is 35.6 Å². The molecule has 2 aromatic rings. The number of benzene rings is 2. The Bertz CT molecular complexity index is 1040. The molecule has 7 heteroatoms. The highest BCUT2D eigenvalue weighted by Gasteiger charge is 2.24. The van der Waals surface area contributed by atoms with Crippen LogP contribution in [0.25, 0.3) is 0 Å². The standard InChI is InChI=1S/C25H32N2O5/c1-7-8-22(29)27(20-12-9-15(2)23(30)16(20)3)14-21(28)26-19-13-17(24(31)32)10-11-18(19)25(4,5)6/h9-13,30H,7-8,14H2,1-6H3,(H,26,28)(H,31,32). The maximum atomic E-state index is 13.0. The average Bonchev–Trinajstić information content (AvgIpc) is 2.70. The molecule has 172 valence electrons. The van der Waals surface area contributed by atoms with Gasteiger partial charge >= 0.3 is 5.97 Å². The summed E-state index contributed by atoms with van der Waals surface area (Å²) in [6.07, 6.45) is 0.867. The molecule has 0 heterocycles. The van der Waals surface area contributed by atoms with E-state index in [2.05, 4.69) is 5.32 Å². The minimum absolute atomic E-state index is 0.0616. The molecule has 0 aliphatic heterocycles. The van der Waals surface area contributed by atoms with Gasteiger partial charge in [0, 0.05) is 17.7 Å². The average molecular weight is 441 g/mol.